The number of carbonyl (C=O) groups is 1. The van der Waals surface area contributed by atoms with E-state index in [1.54, 1.807) is 4.90 Å². The highest BCUT2D eigenvalue weighted by Gasteiger charge is 2.28. The van der Waals surface area contributed by atoms with Gasteiger partial charge in [0, 0.05) is 12.2 Å². The highest BCUT2D eigenvalue weighted by atomic mass is 16.6. The molecule has 22 heavy (non-hydrogen) atoms. The summed E-state index contributed by atoms with van der Waals surface area (Å²) in [5.41, 5.74) is 1.74. The third-order valence-corrected chi connectivity index (χ3v) is 3.75. The topological polar surface area (TPSA) is 42.4 Å². The number of unbranched alkanes of at least 4 members (excludes halogenated alkanes) is 2. The van der Waals surface area contributed by atoms with Crippen LogP contribution in [-0.2, 0) is 17.6 Å². The lowest BCUT2D eigenvalue weighted by atomic mass is 10.0. The summed E-state index contributed by atoms with van der Waals surface area (Å²) in [7, 11) is 0. The van der Waals surface area contributed by atoms with Crippen molar-refractivity contribution in [3.63, 3.8) is 0 Å². The van der Waals surface area contributed by atoms with Crippen LogP contribution in [0.4, 0.5) is 10.6 Å². The van der Waals surface area contributed by atoms with Gasteiger partial charge in [-0.05, 0) is 58.1 Å². The fraction of sp³-hybridized carbons (Fsp3) is 0.667. The van der Waals surface area contributed by atoms with Crippen LogP contribution in [-0.4, -0.2) is 23.2 Å². The zero-order valence-electron chi connectivity index (χ0n) is 14.3. The molecule has 0 unspecified atom stereocenters. The Hall–Kier alpha value is -1.58. The van der Waals surface area contributed by atoms with Gasteiger partial charge in [-0.25, -0.2) is 9.78 Å². The van der Waals surface area contributed by atoms with Crippen molar-refractivity contribution in [2.24, 2.45) is 0 Å². The third-order valence-electron chi connectivity index (χ3n) is 3.75. The number of rotatable bonds is 4. The Morgan fingerprint density at radius 1 is 1.32 bits per heavy atom. The van der Waals surface area contributed by atoms with Gasteiger partial charge in [0.1, 0.15) is 11.4 Å². The summed E-state index contributed by atoms with van der Waals surface area (Å²) >= 11 is 0. The highest BCUT2D eigenvalue weighted by molar-refractivity contribution is 5.88. The molecule has 1 amide bonds. The van der Waals surface area contributed by atoms with Crippen molar-refractivity contribution in [3.8, 4) is 0 Å². The third kappa shape index (κ3) is 4.46. The molecule has 0 aromatic carbocycles. The Kier molecular flexibility index (Phi) is 5.43. The Bertz CT molecular complexity index is 520. The second kappa shape index (κ2) is 7.12. The average molecular weight is 304 g/mol. The second-order valence-corrected chi connectivity index (χ2v) is 6.98. The molecular weight excluding hydrogens is 276 g/mol. The van der Waals surface area contributed by atoms with Gasteiger partial charge in [-0.2, -0.15) is 0 Å². The summed E-state index contributed by atoms with van der Waals surface area (Å²) in [5.74, 6) is 0.800. The molecule has 122 valence electrons. The average Bonchev–Trinajstić information content (AvgIpc) is 2.45. The van der Waals surface area contributed by atoms with Gasteiger partial charge in [0.15, 0.2) is 0 Å². The highest BCUT2D eigenvalue weighted by Crippen LogP contribution is 2.27. The van der Waals surface area contributed by atoms with Crippen molar-refractivity contribution in [3.05, 3.63) is 23.4 Å². The number of fused-ring (bicyclic) bond motifs is 1. The number of anilines is 1. The van der Waals surface area contributed by atoms with Gasteiger partial charge in [0.05, 0.1) is 0 Å². The summed E-state index contributed by atoms with van der Waals surface area (Å²) in [6.07, 6.45) is 6.20. The van der Waals surface area contributed by atoms with E-state index in [0.717, 1.165) is 42.8 Å². The molecule has 0 saturated heterocycles. The smallest absolute Gasteiger partial charge is 0.416 e. The van der Waals surface area contributed by atoms with Crippen molar-refractivity contribution in [2.75, 3.05) is 11.4 Å². The number of hydrogen-bond donors (Lipinski definition) is 0. The quantitative estimate of drug-likeness (QED) is 0.769. The number of amides is 1. The Balaban J connectivity index is 2.16. The number of nitrogens with zero attached hydrogens (tertiary/aromatic N) is 2. The van der Waals surface area contributed by atoms with Gasteiger partial charge in [0.2, 0.25) is 0 Å². The fourth-order valence-electron chi connectivity index (χ4n) is 2.67. The molecule has 0 saturated carbocycles. The molecule has 1 aliphatic heterocycles. The second-order valence-electron chi connectivity index (χ2n) is 6.98. The van der Waals surface area contributed by atoms with E-state index >= 15 is 0 Å². The predicted octanol–water partition coefficient (Wildman–Crippen LogP) is 4.50. The van der Waals surface area contributed by atoms with Crippen molar-refractivity contribution >= 4 is 11.9 Å². The Morgan fingerprint density at radius 3 is 2.77 bits per heavy atom. The van der Waals surface area contributed by atoms with Crippen molar-refractivity contribution in [1.82, 2.24) is 4.98 Å². The van der Waals surface area contributed by atoms with Gasteiger partial charge in [-0.3, -0.25) is 4.90 Å². The number of carbonyl (C=O) groups excluding carboxylic acids is 1. The molecule has 1 aromatic rings. The van der Waals surface area contributed by atoms with Gasteiger partial charge < -0.3 is 4.74 Å². The molecule has 0 fully saturated rings. The molecule has 0 spiro atoms. The standard InChI is InChI=1S/C18H28N2O2/c1-5-6-7-10-15-12-11-14-9-8-13-20(16(14)19-15)17(21)22-18(2,3)4/h11-12H,5-10,13H2,1-4H3. The van der Waals surface area contributed by atoms with Crippen LogP contribution in [0.5, 0.6) is 0 Å². The summed E-state index contributed by atoms with van der Waals surface area (Å²) in [5, 5.41) is 0. The summed E-state index contributed by atoms with van der Waals surface area (Å²) in [6.45, 7) is 8.57. The molecule has 4 nitrogen and oxygen atoms in total. The van der Waals surface area contributed by atoms with Crippen LogP contribution < -0.4 is 4.90 Å². The summed E-state index contributed by atoms with van der Waals surface area (Å²) in [4.78, 5) is 18.9. The van der Waals surface area contributed by atoms with Gasteiger partial charge in [0.25, 0.3) is 0 Å². The van der Waals surface area contributed by atoms with Crippen LogP contribution in [0.1, 0.15) is 64.6 Å². The maximum absolute atomic E-state index is 12.4. The zero-order chi connectivity index (χ0) is 16.2. The van der Waals surface area contributed by atoms with Crippen LogP contribution in [0.3, 0.4) is 0 Å². The van der Waals surface area contributed by atoms with Gasteiger partial charge >= 0.3 is 6.09 Å². The summed E-state index contributed by atoms with van der Waals surface area (Å²) in [6, 6.07) is 4.23. The van der Waals surface area contributed by atoms with Crippen LogP contribution in [0, 0.1) is 0 Å². The minimum atomic E-state index is -0.479. The molecular formula is C18H28N2O2. The van der Waals surface area contributed by atoms with Crippen molar-refractivity contribution in [1.29, 1.82) is 0 Å². The minimum Gasteiger partial charge on any atom is -0.443 e. The zero-order valence-corrected chi connectivity index (χ0v) is 14.3. The van der Waals surface area contributed by atoms with E-state index < -0.39 is 5.60 Å². The molecule has 0 bridgehead atoms. The van der Waals surface area contributed by atoms with Gasteiger partial charge in [-0.1, -0.05) is 25.8 Å². The van der Waals surface area contributed by atoms with Crippen LogP contribution >= 0.6 is 0 Å². The molecule has 0 atom stereocenters. The molecule has 0 N–H and O–H groups in total. The molecule has 4 heteroatoms. The van der Waals surface area contributed by atoms with Gasteiger partial charge in [-0.15, -0.1) is 0 Å². The van der Waals surface area contributed by atoms with Crippen LogP contribution in [0.25, 0.3) is 0 Å². The first-order valence-electron chi connectivity index (χ1n) is 8.40. The predicted molar refractivity (Wildman–Crippen MR) is 89.4 cm³/mol. The SMILES string of the molecule is CCCCCc1ccc2c(n1)N(C(=O)OC(C)(C)C)CCC2. The molecule has 2 heterocycles. The van der Waals surface area contributed by atoms with Crippen LogP contribution in [0.2, 0.25) is 0 Å². The number of ether oxygens (including phenoxy) is 1. The number of aromatic nitrogens is 1. The van der Waals surface area contributed by atoms with E-state index in [4.69, 9.17) is 9.72 Å². The number of aryl methyl sites for hydroxylation is 2. The first-order valence-corrected chi connectivity index (χ1v) is 8.40. The normalized spacial score (nSPS) is 14.6. The van der Waals surface area contributed by atoms with Crippen LogP contribution in [0.15, 0.2) is 12.1 Å². The monoisotopic (exact) mass is 304 g/mol. The lowest BCUT2D eigenvalue weighted by Gasteiger charge is -2.31. The van der Waals surface area contributed by atoms with Crippen molar-refractivity contribution in [2.45, 2.75) is 71.8 Å². The lowest BCUT2D eigenvalue weighted by molar-refractivity contribution is 0.0576. The molecule has 2 rings (SSSR count). The fourth-order valence-corrected chi connectivity index (χ4v) is 2.67. The maximum atomic E-state index is 12.4. The minimum absolute atomic E-state index is 0.286. The van der Waals surface area contributed by atoms with E-state index in [-0.39, 0.29) is 6.09 Å². The first-order chi connectivity index (χ1) is 10.4. The van der Waals surface area contributed by atoms with E-state index in [0.29, 0.717) is 6.54 Å². The van der Waals surface area contributed by atoms with Crippen molar-refractivity contribution < 1.29 is 9.53 Å². The van der Waals surface area contributed by atoms with E-state index in [1.807, 2.05) is 20.8 Å². The lowest BCUT2D eigenvalue weighted by Crippen LogP contribution is -2.40. The summed E-state index contributed by atoms with van der Waals surface area (Å²) < 4.78 is 5.52. The molecule has 0 aliphatic carbocycles. The van der Waals surface area contributed by atoms with E-state index in [9.17, 15) is 4.79 Å². The Morgan fingerprint density at radius 2 is 2.09 bits per heavy atom. The molecule has 1 aromatic heterocycles. The number of pyridine rings is 1. The molecule has 1 aliphatic rings. The number of hydrogen-bond acceptors (Lipinski definition) is 3. The van der Waals surface area contributed by atoms with E-state index in [2.05, 4.69) is 19.1 Å². The Labute approximate surface area is 133 Å². The largest absolute Gasteiger partial charge is 0.443 e. The maximum Gasteiger partial charge on any atom is 0.416 e. The first kappa shape index (κ1) is 16.8. The van der Waals surface area contributed by atoms with E-state index in [1.165, 1.54) is 12.8 Å². The molecule has 0 radical (unpaired) electrons.